The molecule has 0 bridgehead atoms. The van der Waals surface area contributed by atoms with Gasteiger partial charge in [0.05, 0.1) is 0 Å². The number of carbonyl (C=O) groups excluding carboxylic acids is 2. The van der Waals surface area contributed by atoms with Gasteiger partial charge in [0.2, 0.25) is 0 Å². The molecule has 3 aromatic rings. The molecular formula is C18H16FNO3S2. The number of likely N-dealkylation sites (N-methyl/N-ethyl adjacent to an activating group) is 1. The van der Waals surface area contributed by atoms with E-state index in [1.165, 1.54) is 22.3 Å². The number of ether oxygens (including phenoxy) is 1. The number of hydrogen-bond donors (Lipinski definition) is 0. The first kappa shape index (κ1) is 17.6. The van der Waals surface area contributed by atoms with E-state index in [1.54, 1.807) is 37.4 Å². The van der Waals surface area contributed by atoms with Crippen molar-refractivity contribution in [3.63, 3.8) is 0 Å². The Kier molecular flexibility index (Phi) is 5.15. The predicted octanol–water partition coefficient (Wildman–Crippen LogP) is 4.23. The quantitative estimate of drug-likeness (QED) is 0.625. The summed E-state index contributed by atoms with van der Waals surface area (Å²) in [6, 6.07) is 6.66. The Hall–Kier alpha value is -2.25. The fourth-order valence-corrected chi connectivity index (χ4v) is 4.27. The van der Waals surface area contributed by atoms with Gasteiger partial charge in [0, 0.05) is 23.7 Å². The standard InChI is InChI=1S/C18H16FNO3S2/c1-11-16-13(19)4-3-5-14(16)25-17(11)18(22)23-9-15(21)20(2)8-12-6-7-24-10-12/h3-7,10H,8-9H2,1-2H3. The minimum atomic E-state index is -0.601. The van der Waals surface area contributed by atoms with Gasteiger partial charge in [-0.3, -0.25) is 4.79 Å². The number of hydrogen-bond acceptors (Lipinski definition) is 5. The van der Waals surface area contributed by atoms with Gasteiger partial charge in [0.25, 0.3) is 5.91 Å². The number of fused-ring (bicyclic) bond motifs is 1. The SMILES string of the molecule is Cc1c(C(=O)OCC(=O)N(C)Cc2ccsc2)sc2cccc(F)c12. The smallest absolute Gasteiger partial charge is 0.349 e. The van der Waals surface area contributed by atoms with Crippen molar-refractivity contribution < 1.29 is 18.7 Å². The van der Waals surface area contributed by atoms with Crippen LogP contribution in [0.15, 0.2) is 35.0 Å². The number of esters is 1. The van der Waals surface area contributed by atoms with Crippen LogP contribution in [0.1, 0.15) is 20.8 Å². The maximum Gasteiger partial charge on any atom is 0.349 e. The van der Waals surface area contributed by atoms with E-state index >= 15 is 0 Å². The van der Waals surface area contributed by atoms with Crippen LogP contribution < -0.4 is 0 Å². The van der Waals surface area contributed by atoms with Gasteiger partial charge in [-0.25, -0.2) is 9.18 Å². The van der Waals surface area contributed by atoms with Crippen molar-refractivity contribution in [3.05, 3.63) is 56.8 Å². The van der Waals surface area contributed by atoms with Crippen molar-refractivity contribution in [2.75, 3.05) is 13.7 Å². The van der Waals surface area contributed by atoms with E-state index in [0.717, 1.165) is 5.56 Å². The molecule has 1 amide bonds. The number of amides is 1. The summed E-state index contributed by atoms with van der Waals surface area (Å²) in [6.45, 7) is 1.81. The third-order valence-corrected chi connectivity index (χ3v) is 5.81. The van der Waals surface area contributed by atoms with E-state index in [4.69, 9.17) is 4.74 Å². The number of halogens is 1. The summed E-state index contributed by atoms with van der Waals surface area (Å²) < 4.78 is 19.7. The van der Waals surface area contributed by atoms with E-state index in [0.29, 0.717) is 27.1 Å². The molecule has 0 aliphatic rings. The van der Waals surface area contributed by atoms with Crippen LogP contribution in [0.3, 0.4) is 0 Å². The summed E-state index contributed by atoms with van der Waals surface area (Å²) in [4.78, 5) is 26.2. The van der Waals surface area contributed by atoms with Crippen molar-refractivity contribution in [2.45, 2.75) is 13.5 Å². The van der Waals surface area contributed by atoms with E-state index in [-0.39, 0.29) is 18.3 Å². The number of nitrogens with zero attached hydrogens (tertiary/aromatic N) is 1. The summed E-state index contributed by atoms with van der Waals surface area (Å²) in [6.07, 6.45) is 0. The molecule has 25 heavy (non-hydrogen) atoms. The van der Waals surface area contributed by atoms with Crippen molar-refractivity contribution in [2.24, 2.45) is 0 Å². The van der Waals surface area contributed by atoms with Crippen LogP contribution in [0.5, 0.6) is 0 Å². The molecule has 0 radical (unpaired) electrons. The van der Waals surface area contributed by atoms with Gasteiger partial charge >= 0.3 is 5.97 Å². The lowest BCUT2D eigenvalue weighted by atomic mass is 10.1. The van der Waals surface area contributed by atoms with Crippen molar-refractivity contribution >= 4 is 44.6 Å². The number of aryl methyl sites for hydroxylation is 1. The lowest BCUT2D eigenvalue weighted by molar-refractivity contribution is -0.133. The average Bonchev–Trinajstić information content (AvgIpc) is 3.21. The van der Waals surface area contributed by atoms with Crippen LogP contribution in [0.4, 0.5) is 4.39 Å². The second kappa shape index (κ2) is 7.33. The molecule has 0 N–H and O–H groups in total. The minimum Gasteiger partial charge on any atom is -0.451 e. The third-order valence-electron chi connectivity index (χ3n) is 3.84. The van der Waals surface area contributed by atoms with Crippen LogP contribution in [0.2, 0.25) is 0 Å². The average molecular weight is 377 g/mol. The molecule has 0 saturated carbocycles. The van der Waals surface area contributed by atoms with Crippen LogP contribution in [-0.2, 0) is 16.1 Å². The molecule has 130 valence electrons. The predicted molar refractivity (Wildman–Crippen MR) is 97.6 cm³/mol. The maximum atomic E-state index is 13.9. The molecule has 1 aromatic carbocycles. The molecule has 0 fully saturated rings. The molecule has 3 rings (SSSR count). The van der Waals surface area contributed by atoms with Crippen molar-refractivity contribution in [3.8, 4) is 0 Å². The molecule has 4 nitrogen and oxygen atoms in total. The number of rotatable bonds is 5. The molecule has 2 heterocycles. The lowest BCUT2D eigenvalue weighted by Crippen LogP contribution is -2.30. The summed E-state index contributed by atoms with van der Waals surface area (Å²) in [7, 11) is 1.66. The zero-order valence-corrected chi connectivity index (χ0v) is 15.4. The molecule has 0 aliphatic heterocycles. The van der Waals surface area contributed by atoms with E-state index in [9.17, 15) is 14.0 Å². The summed E-state index contributed by atoms with van der Waals surface area (Å²) in [5, 5.41) is 4.34. The fourth-order valence-electron chi connectivity index (χ4n) is 2.50. The Balaban J connectivity index is 1.65. The Morgan fingerprint density at radius 2 is 2.08 bits per heavy atom. The second-order valence-electron chi connectivity index (χ2n) is 5.63. The summed E-state index contributed by atoms with van der Waals surface area (Å²) >= 11 is 2.73. The maximum absolute atomic E-state index is 13.9. The fraction of sp³-hybridized carbons (Fsp3) is 0.222. The van der Waals surface area contributed by atoms with Crippen molar-refractivity contribution in [1.82, 2.24) is 4.90 Å². The van der Waals surface area contributed by atoms with E-state index < -0.39 is 5.97 Å². The lowest BCUT2D eigenvalue weighted by Gasteiger charge is -2.16. The van der Waals surface area contributed by atoms with E-state index in [2.05, 4.69) is 0 Å². The molecular weight excluding hydrogens is 361 g/mol. The van der Waals surface area contributed by atoms with E-state index in [1.807, 2.05) is 16.8 Å². The normalized spacial score (nSPS) is 10.8. The second-order valence-corrected chi connectivity index (χ2v) is 7.46. The van der Waals surface area contributed by atoms with Gasteiger partial charge < -0.3 is 9.64 Å². The highest BCUT2D eigenvalue weighted by Crippen LogP contribution is 2.32. The molecule has 0 unspecified atom stereocenters. The molecule has 2 aromatic heterocycles. The highest BCUT2D eigenvalue weighted by Gasteiger charge is 2.20. The van der Waals surface area contributed by atoms with Crippen LogP contribution in [0.25, 0.3) is 10.1 Å². The zero-order valence-electron chi connectivity index (χ0n) is 13.7. The molecule has 0 saturated heterocycles. The van der Waals surface area contributed by atoms with Crippen LogP contribution >= 0.6 is 22.7 Å². The number of carbonyl (C=O) groups is 2. The largest absolute Gasteiger partial charge is 0.451 e. The van der Waals surface area contributed by atoms with Crippen LogP contribution in [0, 0.1) is 12.7 Å². The highest BCUT2D eigenvalue weighted by molar-refractivity contribution is 7.21. The first-order valence-electron chi connectivity index (χ1n) is 7.57. The van der Waals surface area contributed by atoms with Crippen molar-refractivity contribution in [1.29, 1.82) is 0 Å². The van der Waals surface area contributed by atoms with Gasteiger partial charge in [-0.1, -0.05) is 6.07 Å². The van der Waals surface area contributed by atoms with Crippen LogP contribution in [-0.4, -0.2) is 30.4 Å². The molecule has 0 spiro atoms. The Labute approximate surface area is 152 Å². The zero-order chi connectivity index (χ0) is 18.0. The summed E-state index contributed by atoms with van der Waals surface area (Å²) in [5.74, 6) is -1.25. The van der Waals surface area contributed by atoms with Gasteiger partial charge in [-0.15, -0.1) is 11.3 Å². The van der Waals surface area contributed by atoms with Gasteiger partial charge in [0.15, 0.2) is 6.61 Å². The number of benzene rings is 1. The topological polar surface area (TPSA) is 46.6 Å². The number of thiophene rings is 2. The minimum absolute atomic E-state index is 0.288. The van der Waals surface area contributed by atoms with Gasteiger partial charge in [-0.2, -0.15) is 11.3 Å². The molecule has 0 atom stereocenters. The molecule has 7 heteroatoms. The highest BCUT2D eigenvalue weighted by atomic mass is 32.1. The van der Waals surface area contributed by atoms with Gasteiger partial charge in [0.1, 0.15) is 10.7 Å². The Bertz CT molecular complexity index is 918. The summed E-state index contributed by atoms with van der Waals surface area (Å²) in [5.41, 5.74) is 1.57. The third kappa shape index (κ3) is 3.72. The molecule has 0 aliphatic carbocycles. The first-order valence-corrected chi connectivity index (χ1v) is 9.33. The monoisotopic (exact) mass is 377 g/mol. The Morgan fingerprint density at radius 1 is 1.28 bits per heavy atom. The Morgan fingerprint density at radius 3 is 2.76 bits per heavy atom. The van der Waals surface area contributed by atoms with Gasteiger partial charge in [-0.05, 0) is 47.0 Å². The first-order chi connectivity index (χ1) is 12.0.